The molecule has 4 nitrogen and oxygen atoms in total. The summed E-state index contributed by atoms with van der Waals surface area (Å²) in [6.07, 6.45) is 0. The van der Waals surface area contributed by atoms with E-state index in [1.54, 1.807) is 0 Å². The van der Waals surface area contributed by atoms with Gasteiger partial charge in [-0.1, -0.05) is 11.8 Å². The third kappa shape index (κ3) is 4.35. The van der Waals surface area contributed by atoms with Gasteiger partial charge >= 0.3 is 59.1 Å². The minimum atomic E-state index is -1.50. The van der Waals surface area contributed by atoms with E-state index in [9.17, 15) is 15.0 Å². The first-order valence-corrected chi connectivity index (χ1v) is 2.89. The molecule has 0 saturated heterocycles. The number of rotatable bonds is 1. The van der Waals surface area contributed by atoms with Gasteiger partial charge in [0.1, 0.15) is 0 Å². The van der Waals surface area contributed by atoms with Crippen LogP contribution in [0.1, 0.15) is 10.4 Å². The van der Waals surface area contributed by atoms with E-state index >= 15 is 0 Å². The van der Waals surface area contributed by atoms with Crippen LogP contribution in [-0.4, -0.2) is 5.97 Å². The Hall–Kier alpha value is 0.290. The molecule has 13 heavy (non-hydrogen) atoms. The van der Waals surface area contributed by atoms with Crippen LogP contribution in [0.5, 0.6) is 5.75 Å². The van der Waals surface area contributed by atoms with Gasteiger partial charge in [-0.25, -0.2) is 0 Å². The van der Waals surface area contributed by atoms with Crippen molar-refractivity contribution in [2.75, 3.05) is 5.73 Å². The average Bonchev–Trinajstić information content (AvgIpc) is 1.94. The second-order valence-corrected chi connectivity index (χ2v) is 2.04. The molecule has 0 aliphatic rings. The fourth-order valence-electron chi connectivity index (χ4n) is 0.707. The van der Waals surface area contributed by atoms with Crippen molar-refractivity contribution in [2.24, 2.45) is 0 Å². The van der Waals surface area contributed by atoms with Crippen molar-refractivity contribution in [2.45, 2.75) is 0 Å². The van der Waals surface area contributed by atoms with Gasteiger partial charge in [0, 0.05) is 5.69 Å². The van der Waals surface area contributed by atoms with Gasteiger partial charge in [0.05, 0.1) is 5.97 Å². The molecule has 0 aliphatic carbocycles. The van der Waals surface area contributed by atoms with Crippen LogP contribution < -0.4 is 75.1 Å². The van der Waals surface area contributed by atoms with Gasteiger partial charge in [0.25, 0.3) is 0 Å². The standard InChI is InChI=1S/C7H7NO3.2Na/c8-4-1-2-6(9)5(3-4)7(10)11;;/h1-3,9H,8H2,(H,10,11);;/q;2*+1/p-2. The molecule has 2 N–H and O–H groups in total. The third-order valence-electron chi connectivity index (χ3n) is 1.22. The summed E-state index contributed by atoms with van der Waals surface area (Å²) in [6.45, 7) is 0. The number of hydrogen-bond acceptors (Lipinski definition) is 4. The molecule has 0 radical (unpaired) electrons. The van der Waals surface area contributed by atoms with Gasteiger partial charge in [-0.15, -0.1) is 0 Å². The van der Waals surface area contributed by atoms with Crippen molar-refractivity contribution in [3.05, 3.63) is 23.8 Å². The summed E-state index contributed by atoms with van der Waals surface area (Å²) in [5.41, 5.74) is 5.08. The molecule has 0 saturated carbocycles. The number of nitrogens with two attached hydrogens (primary N) is 1. The van der Waals surface area contributed by atoms with Gasteiger partial charge < -0.3 is 20.7 Å². The maximum Gasteiger partial charge on any atom is 1.00 e. The SMILES string of the molecule is Nc1ccc([O-])c(C(=O)[O-])c1.[Na+].[Na+]. The van der Waals surface area contributed by atoms with Crippen LogP contribution in [0.25, 0.3) is 0 Å². The van der Waals surface area contributed by atoms with E-state index in [1.165, 1.54) is 6.07 Å². The molecule has 1 aromatic rings. The van der Waals surface area contributed by atoms with Crippen LogP contribution in [0.3, 0.4) is 0 Å². The summed E-state index contributed by atoms with van der Waals surface area (Å²) >= 11 is 0. The second kappa shape index (κ2) is 6.70. The number of benzene rings is 1. The summed E-state index contributed by atoms with van der Waals surface area (Å²) < 4.78 is 0. The third-order valence-corrected chi connectivity index (χ3v) is 1.22. The Labute approximate surface area is 120 Å². The van der Waals surface area contributed by atoms with Crippen molar-refractivity contribution >= 4 is 11.7 Å². The van der Waals surface area contributed by atoms with Gasteiger partial charge in [-0.3, -0.25) is 0 Å². The Morgan fingerprint density at radius 1 is 1.31 bits per heavy atom. The zero-order valence-corrected chi connectivity index (χ0v) is 11.5. The Balaban J connectivity index is 0. The van der Waals surface area contributed by atoms with E-state index in [-0.39, 0.29) is 64.8 Å². The maximum atomic E-state index is 10.7. The van der Waals surface area contributed by atoms with Crippen LogP contribution in [-0.2, 0) is 0 Å². The number of anilines is 1. The first kappa shape index (κ1) is 15.7. The van der Waals surface area contributed by atoms with Crippen molar-refractivity contribution in [1.29, 1.82) is 0 Å². The summed E-state index contributed by atoms with van der Waals surface area (Å²) in [7, 11) is 0. The molecular weight excluding hydrogens is 192 g/mol. The number of carbonyl (C=O) groups is 1. The van der Waals surface area contributed by atoms with E-state index < -0.39 is 17.3 Å². The predicted octanol–water partition coefficient (Wildman–Crippen LogP) is -7.29. The fraction of sp³-hybridized carbons (Fsp3) is 0. The summed E-state index contributed by atoms with van der Waals surface area (Å²) in [6, 6.07) is 3.52. The fourth-order valence-corrected chi connectivity index (χ4v) is 0.707. The number of carbonyl (C=O) groups excluding carboxylic acids is 1. The predicted molar refractivity (Wildman–Crippen MR) is 34.6 cm³/mol. The molecule has 0 atom stereocenters. The van der Waals surface area contributed by atoms with Gasteiger partial charge in [0.15, 0.2) is 0 Å². The molecule has 0 amide bonds. The smallest absolute Gasteiger partial charge is 0.872 e. The zero-order valence-electron chi connectivity index (χ0n) is 7.53. The molecule has 0 spiro atoms. The summed E-state index contributed by atoms with van der Waals surface area (Å²) in [4.78, 5) is 10.2. The Bertz CT molecular complexity index is 304. The van der Waals surface area contributed by atoms with Crippen LogP contribution >= 0.6 is 0 Å². The minimum absolute atomic E-state index is 0. The molecule has 0 aromatic heterocycles. The average molecular weight is 197 g/mol. The van der Waals surface area contributed by atoms with Gasteiger partial charge in [-0.2, -0.15) is 0 Å². The molecule has 6 heteroatoms. The van der Waals surface area contributed by atoms with E-state index in [4.69, 9.17) is 5.73 Å². The number of carboxylic acids is 1. The molecule has 58 valence electrons. The Kier molecular flexibility index (Phi) is 8.12. The van der Waals surface area contributed by atoms with Crippen LogP contribution in [0.4, 0.5) is 5.69 Å². The molecule has 0 aliphatic heterocycles. The molecule has 0 unspecified atom stereocenters. The van der Waals surface area contributed by atoms with Crippen molar-refractivity contribution < 1.29 is 74.1 Å². The minimum Gasteiger partial charge on any atom is -0.872 e. The van der Waals surface area contributed by atoms with E-state index in [0.29, 0.717) is 0 Å². The van der Waals surface area contributed by atoms with Gasteiger partial charge in [0.2, 0.25) is 0 Å². The summed E-state index contributed by atoms with van der Waals surface area (Å²) in [5.74, 6) is -2.08. The van der Waals surface area contributed by atoms with Crippen molar-refractivity contribution in [3.63, 3.8) is 0 Å². The van der Waals surface area contributed by atoms with Crippen LogP contribution in [0.2, 0.25) is 0 Å². The Morgan fingerprint density at radius 3 is 2.23 bits per heavy atom. The van der Waals surface area contributed by atoms with Crippen molar-refractivity contribution in [3.8, 4) is 5.75 Å². The second-order valence-electron chi connectivity index (χ2n) is 2.04. The van der Waals surface area contributed by atoms with E-state index in [0.717, 1.165) is 12.1 Å². The monoisotopic (exact) mass is 197 g/mol. The largest absolute Gasteiger partial charge is 1.00 e. The van der Waals surface area contributed by atoms with Crippen molar-refractivity contribution in [1.82, 2.24) is 0 Å². The first-order chi connectivity index (χ1) is 5.11. The summed E-state index contributed by atoms with van der Waals surface area (Å²) in [5, 5.41) is 20.9. The molecule has 0 bridgehead atoms. The van der Waals surface area contributed by atoms with Crippen LogP contribution in [0, 0.1) is 0 Å². The number of hydrogen-bond donors (Lipinski definition) is 1. The first-order valence-electron chi connectivity index (χ1n) is 2.89. The van der Waals surface area contributed by atoms with E-state index in [2.05, 4.69) is 0 Å². The zero-order chi connectivity index (χ0) is 8.43. The molecule has 0 heterocycles. The Morgan fingerprint density at radius 2 is 1.85 bits per heavy atom. The number of nitrogen functional groups attached to an aromatic ring is 1. The van der Waals surface area contributed by atoms with Crippen LogP contribution in [0.15, 0.2) is 18.2 Å². The topological polar surface area (TPSA) is 89.2 Å². The number of aromatic carboxylic acids is 1. The number of carboxylic acid groups (broad SMARTS) is 1. The van der Waals surface area contributed by atoms with Gasteiger partial charge in [-0.05, 0) is 17.7 Å². The normalized spacial score (nSPS) is 8.00. The molecular formula is C7H5NNa2O3. The molecule has 1 rings (SSSR count). The quantitative estimate of drug-likeness (QED) is 0.358. The van der Waals surface area contributed by atoms with E-state index in [1.807, 2.05) is 0 Å². The molecule has 0 fully saturated rings. The maximum absolute atomic E-state index is 10.7. The molecule has 1 aromatic carbocycles.